The van der Waals surface area contributed by atoms with Crippen LogP contribution in [0.1, 0.15) is 0 Å². The summed E-state index contributed by atoms with van der Waals surface area (Å²) in [4.78, 5) is 0.0869. The number of ether oxygens (including phenoxy) is 2. The Balaban J connectivity index is 2.02. The molecule has 0 fully saturated rings. The van der Waals surface area contributed by atoms with Gasteiger partial charge in [-0.1, -0.05) is 18.2 Å². The van der Waals surface area contributed by atoms with E-state index in [1.54, 1.807) is 60.7 Å². The van der Waals surface area contributed by atoms with Gasteiger partial charge in [-0.25, -0.2) is 4.21 Å². The van der Waals surface area contributed by atoms with Crippen LogP contribution in [0.3, 0.4) is 0 Å². The van der Waals surface area contributed by atoms with Gasteiger partial charge in [0.25, 0.3) is 0 Å². The van der Waals surface area contributed by atoms with Crippen LogP contribution >= 0.6 is 0 Å². The van der Waals surface area contributed by atoms with Gasteiger partial charge >= 0.3 is 0 Å². The van der Waals surface area contributed by atoms with E-state index in [1.807, 2.05) is 0 Å². The number of hydrogen-bond acceptors (Lipinski definition) is 5. The van der Waals surface area contributed by atoms with Crippen molar-refractivity contribution in [2.75, 3.05) is 11.5 Å². The first kappa shape index (κ1) is 16.8. The van der Waals surface area contributed by atoms with Crippen molar-refractivity contribution in [1.29, 1.82) is 0 Å². The van der Waals surface area contributed by atoms with E-state index < -0.39 is 11.1 Å². The predicted molar refractivity (Wildman–Crippen MR) is 97.3 cm³/mol. The lowest BCUT2D eigenvalue weighted by Gasteiger charge is -2.15. The van der Waals surface area contributed by atoms with Crippen LogP contribution in [0.15, 0.2) is 71.6 Å². The summed E-state index contributed by atoms with van der Waals surface area (Å²) in [7, 11) is 0. The van der Waals surface area contributed by atoms with E-state index in [0.717, 1.165) is 0 Å². The Bertz CT molecular complexity index is 930. The molecule has 3 rings (SSSR count). The maximum atomic E-state index is 11.7. The molecule has 3 aromatic carbocycles. The Morgan fingerprint density at radius 3 is 1.92 bits per heavy atom. The average Bonchev–Trinajstić information content (AvgIpc) is 2.56. The molecule has 0 saturated heterocycles. The zero-order chi connectivity index (χ0) is 17.8. The minimum absolute atomic E-state index is 0.0869. The van der Waals surface area contributed by atoms with Gasteiger partial charge in [-0.3, -0.25) is 0 Å². The van der Waals surface area contributed by atoms with Crippen LogP contribution in [-0.4, -0.2) is 8.76 Å². The second-order valence-corrected chi connectivity index (χ2v) is 6.12. The van der Waals surface area contributed by atoms with E-state index in [1.165, 1.54) is 6.07 Å². The Kier molecular flexibility index (Phi) is 4.87. The molecule has 0 aliphatic carbocycles. The summed E-state index contributed by atoms with van der Waals surface area (Å²) in [5.74, 6) is 1.33. The monoisotopic (exact) mass is 356 g/mol. The number of nitrogen functional groups attached to an aromatic ring is 2. The van der Waals surface area contributed by atoms with Crippen LogP contribution < -0.4 is 20.9 Å². The molecule has 0 bridgehead atoms. The molecule has 1 unspecified atom stereocenters. The highest BCUT2D eigenvalue weighted by Crippen LogP contribution is 2.39. The Labute approximate surface area is 147 Å². The van der Waals surface area contributed by atoms with Crippen LogP contribution in [0.2, 0.25) is 0 Å². The lowest BCUT2D eigenvalue weighted by molar-refractivity contribution is 0.408. The number of nitrogens with two attached hydrogens (primary N) is 2. The Morgan fingerprint density at radius 2 is 1.36 bits per heavy atom. The molecule has 6 nitrogen and oxygen atoms in total. The van der Waals surface area contributed by atoms with Crippen molar-refractivity contribution in [3.63, 3.8) is 0 Å². The lowest BCUT2D eigenvalue weighted by atomic mass is 10.2. The van der Waals surface area contributed by atoms with E-state index in [0.29, 0.717) is 22.9 Å². The van der Waals surface area contributed by atoms with Crippen molar-refractivity contribution >= 4 is 22.5 Å². The molecule has 1 atom stereocenters. The van der Waals surface area contributed by atoms with Crippen LogP contribution in [0.25, 0.3) is 0 Å². The third-order valence-electron chi connectivity index (χ3n) is 3.29. The van der Waals surface area contributed by atoms with Gasteiger partial charge in [0.15, 0.2) is 22.6 Å². The molecule has 0 radical (unpaired) electrons. The third-order valence-corrected chi connectivity index (χ3v) is 3.99. The molecule has 0 aliphatic heterocycles. The minimum Gasteiger partial charge on any atom is -0.453 e. The van der Waals surface area contributed by atoms with Gasteiger partial charge in [-0.05, 0) is 36.4 Å². The predicted octanol–water partition coefficient (Wildman–Crippen LogP) is 4.02. The fourth-order valence-electron chi connectivity index (χ4n) is 2.22. The van der Waals surface area contributed by atoms with Crippen LogP contribution in [0.4, 0.5) is 11.4 Å². The van der Waals surface area contributed by atoms with Gasteiger partial charge < -0.3 is 25.5 Å². The number of rotatable bonds is 5. The molecule has 0 saturated carbocycles. The Morgan fingerprint density at radius 1 is 0.800 bits per heavy atom. The van der Waals surface area contributed by atoms with Gasteiger partial charge in [0.05, 0.1) is 0 Å². The van der Waals surface area contributed by atoms with E-state index in [-0.39, 0.29) is 16.4 Å². The van der Waals surface area contributed by atoms with Crippen LogP contribution in [0, 0.1) is 0 Å². The molecule has 7 heteroatoms. The zero-order valence-electron chi connectivity index (χ0n) is 13.1. The summed E-state index contributed by atoms with van der Waals surface area (Å²) in [5.41, 5.74) is 12.6. The molecule has 128 valence electrons. The average molecular weight is 356 g/mol. The molecule has 0 aliphatic rings. The fourth-order valence-corrected chi connectivity index (χ4v) is 2.71. The van der Waals surface area contributed by atoms with Gasteiger partial charge in [-0.15, -0.1) is 0 Å². The van der Waals surface area contributed by atoms with Crippen molar-refractivity contribution in [2.24, 2.45) is 0 Å². The third kappa shape index (κ3) is 4.09. The zero-order valence-corrected chi connectivity index (χ0v) is 13.9. The molecular formula is C18H16N2O4S. The molecule has 5 N–H and O–H groups in total. The molecule has 0 aromatic heterocycles. The maximum absolute atomic E-state index is 11.7. The van der Waals surface area contributed by atoms with Gasteiger partial charge in [0, 0.05) is 23.5 Å². The number of benzene rings is 3. The summed E-state index contributed by atoms with van der Waals surface area (Å²) in [6.45, 7) is 0. The summed E-state index contributed by atoms with van der Waals surface area (Å²) < 4.78 is 32.8. The lowest BCUT2D eigenvalue weighted by Crippen LogP contribution is -1.98. The van der Waals surface area contributed by atoms with Crippen molar-refractivity contribution in [3.05, 3.63) is 66.7 Å². The standard InChI is InChI=1S/C18H16N2O4S/c19-12-4-1-6-14(10-12)23-16-8-3-9-17(25(21)22)18(16)24-15-7-2-5-13(20)11-15/h1-11H,19-20H2,(H,21,22). The summed E-state index contributed by atoms with van der Waals surface area (Å²) in [6.07, 6.45) is 0. The van der Waals surface area contributed by atoms with Gasteiger partial charge in [0.1, 0.15) is 16.4 Å². The molecule has 0 heterocycles. The SMILES string of the molecule is Nc1cccc(Oc2cccc(S(=O)O)c2Oc2cccc(N)c2)c1. The van der Waals surface area contributed by atoms with E-state index >= 15 is 0 Å². The van der Waals surface area contributed by atoms with Gasteiger partial charge in [0.2, 0.25) is 0 Å². The number of para-hydroxylation sites is 1. The van der Waals surface area contributed by atoms with Crippen molar-refractivity contribution < 1.29 is 18.2 Å². The molecule has 25 heavy (non-hydrogen) atoms. The smallest absolute Gasteiger partial charge is 0.190 e. The second kappa shape index (κ2) is 7.25. The molecule has 3 aromatic rings. The van der Waals surface area contributed by atoms with Crippen molar-refractivity contribution in [3.8, 4) is 23.0 Å². The van der Waals surface area contributed by atoms with Crippen LogP contribution in [-0.2, 0) is 11.1 Å². The first-order valence-corrected chi connectivity index (χ1v) is 8.44. The highest BCUT2D eigenvalue weighted by atomic mass is 32.2. The molecule has 0 spiro atoms. The van der Waals surface area contributed by atoms with E-state index in [4.69, 9.17) is 20.9 Å². The molecule has 0 amide bonds. The van der Waals surface area contributed by atoms with E-state index in [2.05, 4.69) is 0 Å². The normalized spacial score (nSPS) is 11.7. The van der Waals surface area contributed by atoms with Crippen LogP contribution in [0.5, 0.6) is 23.0 Å². The quantitative estimate of drug-likeness (QED) is 0.471. The summed E-state index contributed by atoms with van der Waals surface area (Å²) >= 11 is -2.25. The van der Waals surface area contributed by atoms with Crippen molar-refractivity contribution in [2.45, 2.75) is 4.90 Å². The number of hydrogen-bond donors (Lipinski definition) is 3. The molecular weight excluding hydrogens is 340 g/mol. The first-order chi connectivity index (χ1) is 12.0. The van der Waals surface area contributed by atoms with Gasteiger partial charge in [-0.2, -0.15) is 0 Å². The summed E-state index contributed by atoms with van der Waals surface area (Å²) in [5, 5.41) is 0. The highest BCUT2D eigenvalue weighted by molar-refractivity contribution is 7.79. The highest BCUT2D eigenvalue weighted by Gasteiger charge is 2.17. The van der Waals surface area contributed by atoms with Crippen molar-refractivity contribution in [1.82, 2.24) is 0 Å². The first-order valence-electron chi connectivity index (χ1n) is 7.33. The maximum Gasteiger partial charge on any atom is 0.190 e. The second-order valence-electron chi connectivity index (χ2n) is 5.18. The minimum atomic E-state index is -2.25. The fraction of sp³-hybridized carbons (Fsp3) is 0. The topological polar surface area (TPSA) is 108 Å². The largest absolute Gasteiger partial charge is 0.453 e. The Hall–Kier alpha value is -3.03. The summed E-state index contributed by atoms with van der Waals surface area (Å²) in [6, 6.07) is 18.3. The number of anilines is 2. The van der Waals surface area contributed by atoms with E-state index in [9.17, 15) is 8.76 Å².